The Labute approximate surface area is 765 Å². The molecule has 720 valence electrons. The van der Waals surface area contributed by atoms with Crippen molar-refractivity contribution in [1.82, 2.24) is 0 Å². The van der Waals surface area contributed by atoms with Crippen LogP contribution >= 0.6 is 15.6 Å². The summed E-state index contributed by atoms with van der Waals surface area (Å²) < 4.78 is 61.6. The quantitative estimate of drug-likeness (QED) is 0.0146. The Morgan fingerprint density at radius 1 is 0.232 bits per heavy atom. The summed E-state index contributed by atoms with van der Waals surface area (Å²) in [6.45, 7) is 2.54. The van der Waals surface area contributed by atoms with Crippen LogP contribution in [-0.2, 0) is 55.8 Å². The second-order valence-corrected chi connectivity index (χ2v) is 36.8. The van der Waals surface area contributed by atoms with Gasteiger partial charge in [-0.2, -0.15) is 0 Å². The fraction of sp³-hybridized carbons (Fsp3) is 0.729. The van der Waals surface area contributed by atoms with Crippen LogP contribution in [0.15, 0.2) is 158 Å². The number of hydrogen-bond donors (Lipinski definition) is 4. The number of phosphoric ester groups is 2. The van der Waals surface area contributed by atoms with Gasteiger partial charge in [-0.05, 0) is 154 Å². The van der Waals surface area contributed by atoms with Crippen LogP contribution in [0, 0.1) is 0 Å². The average Bonchev–Trinajstić information content (AvgIpc) is 0.898. The fourth-order valence-electron chi connectivity index (χ4n) is 14.0. The molecule has 0 aromatic heterocycles. The van der Waals surface area contributed by atoms with E-state index < -0.39 is 91.5 Å². The Morgan fingerprint density at radius 2 is 0.424 bits per heavy atom. The first kappa shape index (κ1) is 120. The number of aliphatic hydroxyl groups excluding tert-OH is 2. The molecule has 0 rings (SSSR count). The van der Waals surface area contributed by atoms with Gasteiger partial charge < -0.3 is 34.2 Å². The molecule has 0 aliphatic rings. The molecule has 4 N–H and O–H groups in total. The molecule has 0 radical (unpaired) electrons. The minimum atomic E-state index is -4.95. The van der Waals surface area contributed by atoms with Crippen molar-refractivity contribution < 1.29 is 75.8 Å². The zero-order chi connectivity index (χ0) is 90.7. The topological polar surface area (TPSA) is 231 Å². The first-order valence-electron chi connectivity index (χ1n) is 50.8. The zero-order valence-electron chi connectivity index (χ0n) is 79.7. The smallest absolute Gasteiger partial charge is 0.463 e. The largest absolute Gasteiger partial charge is 0.472 e. The summed E-state index contributed by atoms with van der Waals surface area (Å²) in [5, 5.41) is 20.8. The van der Waals surface area contributed by atoms with E-state index in [9.17, 15) is 43.5 Å². The number of aliphatic hydroxyl groups is 2. The second kappa shape index (κ2) is 98.2. The molecule has 0 bridgehead atoms. The van der Waals surface area contributed by atoms with E-state index in [0.717, 1.165) is 128 Å². The molecule has 125 heavy (non-hydrogen) atoms. The number of carbonyl (C=O) groups is 3. The molecule has 0 aliphatic carbocycles. The molecular formula is C107H186O16P2. The standard InChI is InChI=1S/C107H186O16P2/c1-4-7-10-13-16-19-22-25-28-31-34-36-38-40-42-44-46-48-50-52-54-56-58-60-62-64-67-69-72-75-78-81-84-87-90-93-105(110)117-96-102(108)97-119-124(113,114)120-98-103(109)99-121-125(115,116)122-101-104(123-107(112)95-92-89-86-83-80-77-74-71-66-33-30-27-24-21-18-15-12-9-6-3)100-118-106(111)94-91-88-85-82-79-76-73-70-68-65-63-61-59-57-55-53-51-49-47-45-43-41-39-37-35-32-29-26-23-20-17-14-11-8-5-2/h9,12,16-21,25-30,34-37,40-43,66,71,77,80,102-104,108-109H,4-8,10-11,13-15,22-24,31-33,38-39,44-65,67-70,72-76,78-79,81-101H2,1-3H3,(H,113,114)(H,115,116)/b12-9-,19-16-,20-17-,21-18-,28-25-,29-26-,30-27-,36-34-,37-35-,42-40-,43-41-,71-66-,80-77-. The summed E-state index contributed by atoms with van der Waals surface area (Å²) >= 11 is 0. The Balaban J connectivity index is 4.48. The maximum atomic E-state index is 13.1. The molecule has 5 unspecified atom stereocenters. The third kappa shape index (κ3) is 99.6. The van der Waals surface area contributed by atoms with E-state index in [1.165, 1.54) is 257 Å². The molecule has 0 saturated carbocycles. The predicted octanol–water partition coefficient (Wildman–Crippen LogP) is 32.0. The number of ether oxygens (including phenoxy) is 3. The molecule has 18 heteroatoms. The summed E-state index contributed by atoms with van der Waals surface area (Å²) in [6, 6.07) is 0. The second-order valence-electron chi connectivity index (χ2n) is 33.9. The molecule has 5 atom stereocenters. The molecule has 0 aliphatic heterocycles. The van der Waals surface area contributed by atoms with Gasteiger partial charge in [0.25, 0.3) is 0 Å². The summed E-state index contributed by atoms with van der Waals surface area (Å²) in [5.74, 6) is -1.60. The zero-order valence-corrected chi connectivity index (χ0v) is 81.5. The Bertz CT molecular complexity index is 2900. The van der Waals surface area contributed by atoms with Crippen LogP contribution in [0.4, 0.5) is 0 Å². The summed E-state index contributed by atoms with van der Waals surface area (Å²) in [7, 11) is -9.82. The molecule has 0 aromatic rings. The molecule has 0 spiro atoms. The first-order valence-corrected chi connectivity index (χ1v) is 53.8. The van der Waals surface area contributed by atoms with Gasteiger partial charge in [-0.25, -0.2) is 9.13 Å². The number of hydrogen-bond acceptors (Lipinski definition) is 14. The van der Waals surface area contributed by atoms with Gasteiger partial charge in [0.15, 0.2) is 6.10 Å². The van der Waals surface area contributed by atoms with Crippen LogP contribution < -0.4 is 0 Å². The van der Waals surface area contributed by atoms with Crippen molar-refractivity contribution in [2.45, 2.75) is 463 Å². The lowest BCUT2D eigenvalue weighted by Crippen LogP contribution is -2.30. The highest BCUT2D eigenvalue weighted by molar-refractivity contribution is 7.47. The number of unbranched alkanes of at least 4 members (excludes halogenated alkanes) is 47. The van der Waals surface area contributed by atoms with Gasteiger partial charge in [0, 0.05) is 19.3 Å². The lowest BCUT2D eigenvalue weighted by Gasteiger charge is -2.21. The molecular weight excluding hydrogens is 1600 g/mol. The van der Waals surface area contributed by atoms with Crippen molar-refractivity contribution in [3.63, 3.8) is 0 Å². The van der Waals surface area contributed by atoms with Crippen LogP contribution in [0.5, 0.6) is 0 Å². The summed E-state index contributed by atoms with van der Waals surface area (Å²) in [5.41, 5.74) is 0. The number of carbonyl (C=O) groups excluding carboxylic acids is 3. The minimum Gasteiger partial charge on any atom is -0.463 e. The molecule has 0 heterocycles. The van der Waals surface area contributed by atoms with E-state index in [1.54, 1.807) is 0 Å². The van der Waals surface area contributed by atoms with E-state index in [1.807, 2.05) is 0 Å². The monoisotopic (exact) mass is 1790 g/mol. The SMILES string of the molecule is CC/C=C\C/C=C\C/C=C\C/C=C\C/C=C\CCCCCC(=O)OC(COC(=O)CCCCCCCCCCCCCCCCCCCCC/C=C\C/C=C\C/C=C\C/C=C\CCCCC)COP(=O)(O)OCC(O)COP(=O)(O)OCC(O)COC(=O)CCCCCCCCCCCCCCCCCCCCC/C=C\C/C=C\C/C=C\C/C=C\CCCCC. The van der Waals surface area contributed by atoms with Crippen molar-refractivity contribution in [2.75, 3.05) is 39.6 Å². The maximum Gasteiger partial charge on any atom is 0.472 e. The van der Waals surface area contributed by atoms with Gasteiger partial charge >= 0.3 is 33.6 Å². The van der Waals surface area contributed by atoms with Crippen molar-refractivity contribution in [3.8, 4) is 0 Å². The van der Waals surface area contributed by atoms with E-state index in [2.05, 4.69) is 179 Å². The number of phosphoric acid groups is 2. The van der Waals surface area contributed by atoms with Gasteiger partial charge in [-0.15, -0.1) is 0 Å². The Morgan fingerprint density at radius 3 is 0.680 bits per heavy atom. The first-order chi connectivity index (χ1) is 61.2. The van der Waals surface area contributed by atoms with Crippen molar-refractivity contribution in [2.24, 2.45) is 0 Å². The van der Waals surface area contributed by atoms with Crippen LogP contribution in [0.3, 0.4) is 0 Å². The highest BCUT2D eigenvalue weighted by Gasteiger charge is 2.30. The number of rotatable bonds is 96. The normalized spacial score (nSPS) is 14.3. The van der Waals surface area contributed by atoms with E-state index in [-0.39, 0.29) is 19.3 Å². The van der Waals surface area contributed by atoms with Crippen LogP contribution in [-0.4, -0.2) is 95.9 Å². The van der Waals surface area contributed by atoms with Gasteiger partial charge in [0.1, 0.15) is 25.4 Å². The third-order valence-electron chi connectivity index (χ3n) is 21.7. The van der Waals surface area contributed by atoms with Gasteiger partial charge in [0.05, 0.1) is 26.4 Å². The highest BCUT2D eigenvalue weighted by Crippen LogP contribution is 2.45. The van der Waals surface area contributed by atoms with Gasteiger partial charge in [-0.3, -0.25) is 32.5 Å². The molecule has 0 fully saturated rings. The number of esters is 3. The molecule has 0 amide bonds. The lowest BCUT2D eigenvalue weighted by atomic mass is 10.0. The molecule has 16 nitrogen and oxygen atoms in total. The average molecular weight is 1790 g/mol. The van der Waals surface area contributed by atoms with Gasteiger partial charge in [0.2, 0.25) is 0 Å². The fourth-order valence-corrected chi connectivity index (χ4v) is 15.6. The summed E-state index contributed by atoms with van der Waals surface area (Å²) in [6.07, 6.45) is 128. The van der Waals surface area contributed by atoms with Crippen molar-refractivity contribution in [3.05, 3.63) is 158 Å². The molecule has 0 aromatic carbocycles. The van der Waals surface area contributed by atoms with Crippen LogP contribution in [0.1, 0.15) is 445 Å². The van der Waals surface area contributed by atoms with E-state index in [4.69, 9.17) is 32.3 Å². The van der Waals surface area contributed by atoms with Crippen molar-refractivity contribution >= 4 is 33.6 Å². The van der Waals surface area contributed by atoms with Crippen molar-refractivity contribution in [1.29, 1.82) is 0 Å². The minimum absolute atomic E-state index is 0.0640. The van der Waals surface area contributed by atoms with E-state index in [0.29, 0.717) is 19.3 Å². The maximum absolute atomic E-state index is 13.1. The highest BCUT2D eigenvalue weighted by atomic mass is 31.2. The van der Waals surface area contributed by atoms with Crippen LogP contribution in [0.2, 0.25) is 0 Å². The summed E-state index contributed by atoms with van der Waals surface area (Å²) in [4.78, 5) is 59.1. The Kier molecular flexibility index (Phi) is 94.4. The lowest BCUT2D eigenvalue weighted by molar-refractivity contribution is -0.161. The predicted molar refractivity (Wildman–Crippen MR) is 528 cm³/mol. The third-order valence-corrected chi connectivity index (χ3v) is 23.6. The van der Waals surface area contributed by atoms with Gasteiger partial charge in [-0.1, -0.05) is 429 Å². The van der Waals surface area contributed by atoms with E-state index >= 15 is 0 Å². The van der Waals surface area contributed by atoms with Crippen LogP contribution in [0.25, 0.3) is 0 Å². The molecule has 0 saturated heterocycles. The number of allylic oxidation sites excluding steroid dienone is 26. The Hall–Kier alpha value is -4.83.